The van der Waals surface area contributed by atoms with Crippen LogP contribution < -0.4 is 5.32 Å². The van der Waals surface area contributed by atoms with Gasteiger partial charge in [0, 0.05) is 5.54 Å². The van der Waals surface area contributed by atoms with Gasteiger partial charge >= 0.3 is 0 Å². The highest BCUT2D eigenvalue weighted by atomic mass is 79.9. The second kappa shape index (κ2) is 4.97. The van der Waals surface area contributed by atoms with E-state index in [-0.39, 0.29) is 11.4 Å². The Labute approximate surface area is 111 Å². The Morgan fingerprint density at radius 2 is 2.13 bits per heavy atom. The normalized spacial score (nSPS) is 11.5. The van der Waals surface area contributed by atoms with Crippen LogP contribution in [-0.2, 0) is 0 Å². The van der Waals surface area contributed by atoms with Crippen LogP contribution in [0.1, 0.15) is 37.6 Å². The lowest BCUT2D eigenvalue weighted by molar-refractivity contribution is 0.0911. The molecule has 5 heteroatoms. The van der Waals surface area contributed by atoms with Crippen molar-refractivity contribution in [3.63, 3.8) is 0 Å². The molecule has 2 nitrogen and oxygen atoms in total. The summed E-state index contributed by atoms with van der Waals surface area (Å²) >= 11 is 8.23. The molecule has 1 amide bonds. The summed E-state index contributed by atoms with van der Waals surface area (Å²) in [5, 5.41) is 2.99. The van der Waals surface area contributed by atoms with Gasteiger partial charge in [0.05, 0.1) is 13.1 Å². The summed E-state index contributed by atoms with van der Waals surface area (Å²) in [4.78, 5) is 11.9. The third kappa shape index (κ3) is 3.57. The third-order valence-corrected chi connectivity index (χ3v) is 4.58. The first kappa shape index (κ1) is 13.2. The summed E-state index contributed by atoms with van der Waals surface area (Å²) < 4.78 is 1.81. The van der Waals surface area contributed by atoms with Crippen molar-refractivity contribution in [2.75, 3.05) is 0 Å². The standard InChI is InChI=1S/C10H13Br2NOS/c1-4-10(2,3)13-9(14)6-5-7(11)15-8(6)12/h5H,4H2,1-3H3,(H,13,14). The average Bonchev–Trinajstić information content (AvgIpc) is 2.45. The molecular weight excluding hydrogens is 342 g/mol. The van der Waals surface area contributed by atoms with Crippen LogP contribution in [0.3, 0.4) is 0 Å². The zero-order valence-electron chi connectivity index (χ0n) is 8.86. The first-order valence-corrected chi connectivity index (χ1v) is 7.03. The molecule has 84 valence electrons. The van der Waals surface area contributed by atoms with Crippen molar-refractivity contribution in [1.82, 2.24) is 5.32 Å². The van der Waals surface area contributed by atoms with Gasteiger partial charge in [-0.05, 0) is 58.2 Å². The highest BCUT2D eigenvalue weighted by molar-refractivity contribution is 9.12. The van der Waals surface area contributed by atoms with Gasteiger partial charge in [-0.15, -0.1) is 11.3 Å². The molecule has 0 aromatic carbocycles. The maximum absolute atomic E-state index is 11.9. The molecule has 0 aliphatic heterocycles. The molecule has 0 atom stereocenters. The van der Waals surface area contributed by atoms with E-state index in [9.17, 15) is 4.79 Å². The van der Waals surface area contributed by atoms with Crippen molar-refractivity contribution in [1.29, 1.82) is 0 Å². The molecule has 1 heterocycles. The molecule has 0 unspecified atom stereocenters. The van der Waals surface area contributed by atoms with E-state index in [0.29, 0.717) is 5.56 Å². The summed E-state index contributed by atoms with van der Waals surface area (Å²) in [6.07, 6.45) is 0.904. The van der Waals surface area contributed by atoms with Crippen molar-refractivity contribution in [2.24, 2.45) is 0 Å². The van der Waals surface area contributed by atoms with Crippen LogP contribution in [0.5, 0.6) is 0 Å². The van der Waals surface area contributed by atoms with Gasteiger partial charge in [0.15, 0.2) is 0 Å². The fraction of sp³-hybridized carbons (Fsp3) is 0.500. The minimum absolute atomic E-state index is 0.0318. The molecule has 1 aromatic rings. The van der Waals surface area contributed by atoms with Gasteiger partial charge in [0.25, 0.3) is 5.91 Å². The maximum Gasteiger partial charge on any atom is 0.253 e. The van der Waals surface area contributed by atoms with E-state index < -0.39 is 0 Å². The lowest BCUT2D eigenvalue weighted by Gasteiger charge is -2.24. The summed E-state index contributed by atoms with van der Waals surface area (Å²) in [6, 6.07) is 1.83. The number of thiophene rings is 1. The summed E-state index contributed by atoms with van der Waals surface area (Å²) in [7, 11) is 0. The van der Waals surface area contributed by atoms with E-state index >= 15 is 0 Å². The van der Waals surface area contributed by atoms with Gasteiger partial charge in [0.2, 0.25) is 0 Å². The first-order valence-electron chi connectivity index (χ1n) is 4.63. The number of carbonyl (C=O) groups is 1. The number of hydrogen-bond acceptors (Lipinski definition) is 2. The number of rotatable bonds is 3. The van der Waals surface area contributed by atoms with Gasteiger partial charge in [-0.1, -0.05) is 6.92 Å². The minimum atomic E-state index is -0.162. The van der Waals surface area contributed by atoms with E-state index in [2.05, 4.69) is 44.1 Å². The van der Waals surface area contributed by atoms with Crippen molar-refractivity contribution in [3.05, 3.63) is 19.2 Å². The molecule has 0 fully saturated rings. The lowest BCUT2D eigenvalue weighted by Crippen LogP contribution is -2.42. The predicted octanol–water partition coefficient (Wildman–Crippen LogP) is 4.19. The Hall–Kier alpha value is 0.130. The Kier molecular flexibility index (Phi) is 4.38. The highest BCUT2D eigenvalue weighted by Gasteiger charge is 2.21. The van der Waals surface area contributed by atoms with Crippen LogP contribution in [0.4, 0.5) is 0 Å². The van der Waals surface area contributed by atoms with Crippen LogP contribution in [-0.4, -0.2) is 11.4 Å². The van der Waals surface area contributed by atoms with E-state index in [4.69, 9.17) is 0 Å². The Bertz CT molecular complexity index is 373. The van der Waals surface area contributed by atoms with Crippen molar-refractivity contribution < 1.29 is 4.79 Å². The number of nitrogens with one attached hydrogen (secondary N) is 1. The molecule has 15 heavy (non-hydrogen) atoms. The third-order valence-electron chi connectivity index (χ3n) is 2.24. The van der Waals surface area contributed by atoms with Gasteiger partial charge in [-0.25, -0.2) is 0 Å². The number of halogens is 2. The largest absolute Gasteiger partial charge is 0.347 e. The summed E-state index contributed by atoms with van der Waals surface area (Å²) in [6.45, 7) is 6.08. The fourth-order valence-electron chi connectivity index (χ4n) is 0.958. The molecule has 0 bridgehead atoms. The molecular formula is C10H13Br2NOS. The number of amides is 1. The predicted molar refractivity (Wildman–Crippen MR) is 71.6 cm³/mol. The van der Waals surface area contributed by atoms with E-state index in [1.54, 1.807) is 0 Å². The Balaban J connectivity index is 2.82. The molecule has 1 N–H and O–H groups in total. The van der Waals surface area contributed by atoms with Gasteiger partial charge < -0.3 is 5.32 Å². The molecule has 1 aromatic heterocycles. The zero-order valence-corrected chi connectivity index (χ0v) is 12.8. The molecule has 0 spiro atoms. The SMILES string of the molecule is CCC(C)(C)NC(=O)c1cc(Br)sc1Br. The smallest absolute Gasteiger partial charge is 0.253 e. The maximum atomic E-state index is 11.9. The van der Waals surface area contributed by atoms with Crippen LogP contribution in [0.2, 0.25) is 0 Å². The van der Waals surface area contributed by atoms with E-state index in [0.717, 1.165) is 14.0 Å². The topological polar surface area (TPSA) is 29.1 Å². The van der Waals surface area contributed by atoms with Crippen molar-refractivity contribution in [3.8, 4) is 0 Å². The Morgan fingerprint density at radius 1 is 1.53 bits per heavy atom. The quantitative estimate of drug-likeness (QED) is 0.866. The molecule has 1 rings (SSSR count). The second-order valence-corrected chi connectivity index (χ2v) is 7.68. The van der Waals surface area contributed by atoms with Gasteiger partial charge in [-0.3, -0.25) is 4.79 Å². The van der Waals surface area contributed by atoms with Crippen LogP contribution in [0.25, 0.3) is 0 Å². The molecule has 0 aliphatic rings. The first-order chi connectivity index (χ1) is 6.85. The fourth-order valence-corrected chi connectivity index (χ4v) is 3.75. The van der Waals surface area contributed by atoms with Crippen molar-refractivity contribution >= 4 is 49.1 Å². The molecule has 0 saturated heterocycles. The molecule has 0 aliphatic carbocycles. The molecule has 0 radical (unpaired) electrons. The summed E-state index contributed by atoms with van der Waals surface area (Å²) in [5.41, 5.74) is 0.527. The molecule has 0 saturated carbocycles. The van der Waals surface area contributed by atoms with Gasteiger partial charge in [0.1, 0.15) is 0 Å². The van der Waals surface area contributed by atoms with Crippen molar-refractivity contribution in [2.45, 2.75) is 32.7 Å². The average molecular weight is 355 g/mol. The summed E-state index contributed by atoms with van der Waals surface area (Å²) in [5.74, 6) is -0.0318. The minimum Gasteiger partial charge on any atom is -0.347 e. The van der Waals surface area contributed by atoms with E-state index in [1.807, 2.05) is 19.9 Å². The van der Waals surface area contributed by atoms with E-state index in [1.165, 1.54) is 11.3 Å². The highest BCUT2D eigenvalue weighted by Crippen LogP contribution is 2.32. The monoisotopic (exact) mass is 353 g/mol. The van der Waals surface area contributed by atoms with Gasteiger partial charge in [-0.2, -0.15) is 0 Å². The lowest BCUT2D eigenvalue weighted by atomic mass is 10.0. The Morgan fingerprint density at radius 3 is 2.53 bits per heavy atom. The second-order valence-electron chi connectivity index (χ2n) is 3.93. The van der Waals surface area contributed by atoms with Crippen LogP contribution in [0, 0.1) is 0 Å². The number of carbonyl (C=O) groups excluding carboxylic acids is 1. The number of hydrogen-bond donors (Lipinski definition) is 1. The van der Waals surface area contributed by atoms with Crippen LogP contribution in [0.15, 0.2) is 13.6 Å². The zero-order chi connectivity index (χ0) is 11.6. The van der Waals surface area contributed by atoms with Crippen LogP contribution >= 0.6 is 43.2 Å².